The first kappa shape index (κ1) is 14.9. The fourth-order valence-electron chi connectivity index (χ4n) is 1.24. The van der Waals surface area contributed by atoms with Crippen LogP contribution in [0, 0.1) is 0 Å². The third kappa shape index (κ3) is 7.02. The summed E-state index contributed by atoms with van der Waals surface area (Å²) in [5.41, 5.74) is 0. The van der Waals surface area contributed by atoms with Crippen molar-refractivity contribution in [2.75, 3.05) is 33.5 Å². The van der Waals surface area contributed by atoms with Crippen LogP contribution in [0.2, 0.25) is 0 Å². The van der Waals surface area contributed by atoms with Crippen LogP contribution in [0.5, 0.6) is 0 Å². The number of hydrogen-bond acceptors (Lipinski definition) is 6. The van der Waals surface area contributed by atoms with Gasteiger partial charge in [-0.25, -0.2) is 0 Å². The van der Waals surface area contributed by atoms with Gasteiger partial charge in [-0.05, 0) is 20.3 Å². The summed E-state index contributed by atoms with van der Waals surface area (Å²) in [7, 11) is 0.299. The van der Waals surface area contributed by atoms with E-state index in [0.717, 1.165) is 6.42 Å². The first-order valence-electron chi connectivity index (χ1n) is 5.87. The zero-order valence-corrected chi connectivity index (χ0v) is 10.7. The molecule has 0 bridgehead atoms. The monoisotopic (exact) mass is 246 g/mol. The van der Waals surface area contributed by atoms with Crippen LogP contribution in [0.25, 0.3) is 0 Å². The van der Waals surface area contributed by atoms with Gasteiger partial charge < -0.3 is 27.9 Å². The molecule has 0 aliphatic carbocycles. The molecule has 0 atom stereocenters. The molecule has 0 amide bonds. The highest BCUT2D eigenvalue weighted by Gasteiger charge is 2.25. The van der Waals surface area contributed by atoms with E-state index in [1.165, 1.54) is 7.11 Å². The van der Waals surface area contributed by atoms with Crippen molar-refractivity contribution in [1.29, 1.82) is 0 Å². The molecule has 0 saturated carbocycles. The van der Waals surface area contributed by atoms with Crippen molar-refractivity contribution >= 4 is 14.6 Å². The molecular weight excluding hydrogens is 226 g/mol. The van der Waals surface area contributed by atoms with E-state index in [-0.39, 0.29) is 6.10 Å². The first-order chi connectivity index (χ1) is 8.22. The molecule has 6 nitrogen and oxygen atoms in total. The Bertz CT molecular complexity index is 188. The molecule has 1 saturated heterocycles. The zero-order chi connectivity index (χ0) is 12.5. The van der Waals surface area contributed by atoms with Gasteiger partial charge in [0.2, 0.25) is 0 Å². The molecule has 0 aromatic heterocycles. The van der Waals surface area contributed by atoms with Crippen molar-refractivity contribution in [2.45, 2.75) is 26.4 Å². The maximum absolute atomic E-state index is 5.33. The highest BCUT2D eigenvalue weighted by Crippen LogP contribution is 2.02. The van der Waals surface area contributed by atoms with Crippen LogP contribution < -0.4 is 0 Å². The summed E-state index contributed by atoms with van der Waals surface area (Å²) in [6.07, 6.45) is 0.954. The van der Waals surface area contributed by atoms with Gasteiger partial charge in [0.05, 0.1) is 13.2 Å². The fourth-order valence-corrected chi connectivity index (χ4v) is 1.24. The smallest absolute Gasteiger partial charge is 0.389 e. The maximum Gasteiger partial charge on any atom is 0.639 e. The van der Waals surface area contributed by atoms with E-state index in [2.05, 4.69) is 0 Å². The van der Waals surface area contributed by atoms with Gasteiger partial charge in [-0.2, -0.15) is 0 Å². The Balaban J connectivity index is 2.01. The summed E-state index contributed by atoms with van der Waals surface area (Å²) in [5.74, 6) is 0. The highest BCUT2D eigenvalue weighted by molar-refractivity contribution is 6.37. The second-order valence-corrected chi connectivity index (χ2v) is 3.83. The predicted octanol–water partition coefficient (Wildman–Crippen LogP) is 0.498. The molecule has 0 unspecified atom stereocenters. The largest absolute Gasteiger partial charge is 0.639 e. The van der Waals surface area contributed by atoms with Crippen LogP contribution >= 0.6 is 0 Å². The van der Waals surface area contributed by atoms with Crippen LogP contribution in [-0.4, -0.2) is 54.3 Å². The lowest BCUT2D eigenvalue weighted by Crippen LogP contribution is -2.35. The summed E-state index contributed by atoms with van der Waals surface area (Å²) in [6.45, 7) is 5.89. The molecule has 1 fully saturated rings. The second kappa shape index (κ2) is 8.91. The van der Waals surface area contributed by atoms with Gasteiger partial charge in [-0.3, -0.25) is 0 Å². The predicted molar refractivity (Wildman–Crippen MR) is 63.2 cm³/mol. The molecule has 98 valence electrons. The van der Waals surface area contributed by atoms with Gasteiger partial charge in [0.25, 0.3) is 0 Å². The lowest BCUT2D eigenvalue weighted by atomic mass is 10.2. The van der Waals surface area contributed by atoms with E-state index >= 15 is 0 Å². The summed E-state index contributed by atoms with van der Waals surface area (Å²) in [4.78, 5) is 0. The Morgan fingerprint density at radius 3 is 2.53 bits per heavy atom. The number of hydrogen-bond donors (Lipinski definition) is 0. The molecule has 8 heteroatoms. The minimum atomic E-state index is -0.660. The van der Waals surface area contributed by atoms with Gasteiger partial charge in [0.1, 0.15) is 0 Å². The third-order valence-corrected chi connectivity index (χ3v) is 1.96. The van der Waals surface area contributed by atoms with Gasteiger partial charge in [0.15, 0.2) is 0 Å². The molecule has 0 radical (unpaired) electrons. The molecule has 1 rings (SSSR count). The Morgan fingerprint density at radius 2 is 1.94 bits per heavy atom. The number of rotatable bonds is 8. The standard InChI is InChI=1S/C9H20B2O6/c1-9(2)17-10(12-3)15-7-8-16-11-13-5-4-6-14-11/h9H,4-8H2,1-3H3. The average molecular weight is 246 g/mol. The van der Waals surface area contributed by atoms with Crippen LogP contribution in [0.1, 0.15) is 20.3 Å². The summed E-state index contributed by atoms with van der Waals surface area (Å²) < 4.78 is 31.4. The van der Waals surface area contributed by atoms with E-state index in [4.69, 9.17) is 27.9 Å². The molecule has 0 aromatic rings. The van der Waals surface area contributed by atoms with E-state index in [1.54, 1.807) is 0 Å². The molecule has 0 spiro atoms. The molecule has 0 N–H and O–H groups in total. The van der Waals surface area contributed by atoms with Crippen LogP contribution in [-0.2, 0) is 27.9 Å². The van der Waals surface area contributed by atoms with Crippen LogP contribution in [0.15, 0.2) is 0 Å². The van der Waals surface area contributed by atoms with Crippen molar-refractivity contribution in [3.63, 3.8) is 0 Å². The molecule has 0 aromatic carbocycles. The van der Waals surface area contributed by atoms with Gasteiger partial charge in [0, 0.05) is 26.4 Å². The van der Waals surface area contributed by atoms with Crippen molar-refractivity contribution in [3.8, 4) is 0 Å². The maximum atomic E-state index is 5.33. The molecule has 17 heavy (non-hydrogen) atoms. The zero-order valence-electron chi connectivity index (χ0n) is 10.7. The Labute approximate surface area is 103 Å². The average Bonchev–Trinajstić information content (AvgIpc) is 2.34. The van der Waals surface area contributed by atoms with Gasteiger partial charge in [-0.15, -0.1) is 0 Å². The Hall–Kier alpha value is -0.110. The quantitative estimate of drug-likeness (QED) is 0.459. The third-order valence-electron chi connectivity index (χ3n) is 1.96. The van der Waals surface area contributed by atoms with Crippen LogP contribution in [0.3, 0.4) is 0 Å². The van der Waals surface area contributed by atoms with E-state index in [0.29, 0.717) is 26.4 Å². The van der Waals surface area contributed by atoms with E-state index in [9.17, 15) is 0 Å². The summed E-state index contributed by atoms with van der Waals surface area (Å²) in [5, 5.41) is 0. The van der Waals surface area contributed by atoms with Crippen molar-refractivity contribution in [2.24, 2.45) is 0 Å². The van der Waals surface area contributed by atoms with Crippen molar-refractivity contribution in [3.05, 3.63) is 0 Å². The summed E-state index contributed by atoms with van der Waals surface area (Å²) >= 11 is 0. The van der Waals surface area contributed by atoms with Gasteiger partial charge in [-0.1, -0.05) is 0 Å². The summed E-state index contributed by atoms with van der Waals surface area (Å²) in [6, 6.07) is 0. The molecule has 1 aliphatic rings. The van der Waals surface area contributed by atoms with Gasteiger partial charge >= 0.3 is 14.6 Å². The van der Waals surface area contributed by atoms with E-state index in [1.807, 2.05) is 13.8 Å². The van der Waals surface area contributed by atoms with E-state index < -0.39 is 14.6 Å². The highest BCUT2D eigenvalue weighted by atomic mass is 16.8. The minimum absolute atomic E-state index is 0.0471. The first-order valence-corrected chi connectivity index (χ1v) is 5.87. The SMILES string of the molecule is COB(OCCOB1OCCCO1)OC(C)C. The van der Waals surface area contributed by atoms with Crippen LogP contribution in [0.4, 0.5) is 0 Å². The normalized spacial score (nSPS) is 16.6. The molecule has 1 heterocycles. The lowest BCUT2D eigenvalue weighted by Gasteiger charge is -2.19. The fraction of sp³-hybridized carbons (Fsp3) is 1.00. The van der Waals surface area contributed by atoms with Crippen molar-refractivity contribution in [1.82, 2.24) is 0 Å². The lowest BCUT2D eigenvalue weighted by molar-refractivity contribution is 0.0319. The topological polar surface area (TPSA) is 55.4 Å². The second-order valence-electron chi connectivity index (χ2n) is 3.83. The Kier molecular flexibility index (Phi) is 7.83. The minimum Gasteiger partial charge on any atom is -0.389 e. The molecule has 1 aliphatic heterocycles. The Morgan fingerprint density at radius 1 is 1.24 bits per heavy atom. The molecular formula is C9H20B2O6. The van der Waals surface area contributed by atoms with Crippen molar-refractivity contribution < 1.29 is 27.9 Å².